The first-order valence-electron chi connectivity index (χ1n) is 5.75. The van der Waals surface area contributed by atoms with E-state index in [0.717, 1.165) is 17.5 Å². The SMILES string of the molecule is CSCCCCCNCc1nccn1C(F)F. The lowest BCUT2D eigenvalue weighted by Crippen LogP contribution is -2.18. The maximum absolute atomic E-state index is 12.5. The molecule has 6 heteroatoms. The van der Waals surface area contributed by atoms with Crippen LogP contribution >= 0.6 is 11.8 Å². The topological polar surface area (TPSA) is 29.9 Å². The summed E-state index contributed by atoms with van der Waals surface area (Å²) in [6.45, 7) is -1.25. The van der Waals surface area contributed by atoms with Gasteiger partial charge in [0.15, 0.2) is 0 Å². The molecular formula is C11H19F2N3S. The first-order valence-corrected chi connectivity index (χ1v) is 7.14. The number of aromatic nitrogens is 2. The lowest BCUT2D eigenvalue weighted by atomic mass is 10.2. The average molecular weight is 263 g/mol. The fraction of sp³-hybridized carbons (Fsp3) is 0.727. The Morgan fingerprint density at radius 2 is 2.24 bits per heavy atom. The summed E-state index contributed by atoms with van der Waals surface area (Å²) in [5.41, 5.74) is 0. The molecular weight excluding hydrogens is 244 g/mol. The third kappa shape index (κ3) is 5.50. The van der Waals surface area contributed by atoms with Crippen LogP contribution in [0, 0.1) is 0 Å². The Morgan fingerprint density at radius 3 is 2.94 bits per heavy atom. The summed E-state index contributed by atoms with van der Waals surface area (Å²) in [5.74, 6) is 1.58. The van der Waals surface area contributed by atoms with Crippen LogP contribution in [0.1, 0.15) is 31.6 Å². The highest BCUT2D eigenvalue weighted by Crippen LogP contribution is 2.11. The number of imidazole rings is 1. The molecule has 0 saturated heterocycles. The van der Waals surface area contributed by atoms with Crippen LogP contribution in [0.4, 0.5) is 8.78 Å². The molecule has 1 aromatic heterocycles. The number of nitrogens with one attached hydrogen (secondary N) is 1. The number of hydrogen-bond donors (Lipinski definition) is 1. The highest BCUT2D eigenvalue weighted by atomic mass is 32.2. The lowest BCUT2D eigenvalue weighted by Gasteiger charge is -2.07. The van der Waals surface area contributed by atoms with Crippen LogP contribution in [0.3, 0.4) is 0 Å². The normalized spacial score (nSPS) is 11.3. The van der Waals surface area contributed by atoms with Crippen LogP contribution in [-0.4, -0.2) is 28.1 Å². The van der Waals surface area contributed by atoms with Gasteiger partial charge in [0.2, 0.25) is 0 Å². The zero-order valence-electron chi connectivity index (χ0n) is 10.0. The van der Waals surface area contributed by atoms with Crippen molar-refractivity contribution in [3.8, 4) is 0 Å². The van der Waals surface area contributed by atoms with Crippen molar-refractivity contribution in [2.75, 3.05) is 18.6 Å². The molecule has 0 amide bonds. The van der Waals surface area contributed by atoms with Gasteiger partial charge in [-0.05, 0) is 31.4 Å². The molecule has 0 bridgehead atoms. The van der Waals surface area contributed by atoms with Gasteiger partial charge in [0.1, 0.15) is 5.82 Å². The van der Waals surface area contributed by atoms with Gasteiger partial charge in [0.05, 0.1) is 6.54 Å². The highest BCUT2D eigenvalue weighted by Gasteiger charge is 2.10. The van der Waals surface area contributed by atoms with E-state index in [0.29, 0.717) is 12.4 Å². The molecule has 0 atom stereocenters. The Balaban J connectivity index is 2.11. The predicted molar refractivity (Wildman–Crippen MR) is 67.4 cm³/mol. The maximum atomic E-state index is 12.5. The monoisotopic (exact) mass is 263 g/mol. The molecule has 0 aliphatic heterocycles. The smallest absolute Gasteiger partial charge is 0.310 e. The fourth-order valence-electron chi connectivity index (χ4n) is 1.53. The van der Waals surface area contributed by atoms with Crippen molar-refractivity contribution in [3.05, 3.63) is 18.2 Å². The number of hydrogen-bond acceptors (Lipinski definition) is 3. The van der Waals surface area contributed by atoms with E-state index in [1.54, 1.807) is 0 Å². The minimum Gasteiger partial charge on any atom is -0.310 e. The number of unbranched alkanes of at least 4 members (excludes halogenated alkanes) is 2. The van der Waals surface area contributed by atoms with Crippen LogP contribution in [0.2, 0.25) is 0 Å². The van der Waals surface area contributed by atoms with Crippen molar-refractivity contribution in [1.29, 1.82) is 0 Å². The summed E-state index contributed by atoms with van der Waals surface area (Å²) in [4.78, 5) is 3.90. The minimum absolute atomic E-state index is 0.393. The first kappa shape index (κ1) is 14.4. The predicted octanol–water partition coefficient (Wildman–Crippen LogP) is 2.90. The third-order valence-corrected chi connectivity index (χ3v) is 3.14. The van der Waals surface area contributed by atoms with Gasteiger partial charge in [-0.2, -0.15) is 20.5 Å². The van der Waals surface area contributed by atoms with Crippen LogP contribution in [-0.2, 0) is 6.54 Å². The van der Waals surface area contributed by atoms with Crippen molar-refractivity contribution in [2.24, 2.45) is 0 Å². The van der Waals surface area contributed by atoms with E-state index in [1.165, 1.54) is 31.0 Å². The van der Waals surface area contributed by atoms with Crippen molar-refractivity contribution in [2.45, 2.75) is 32.4 Å². The number of halogens is 2. The van der Waals surface area contributed by atoms with Crippen molar-refractivity contribution in [1.82, 2.24) is 14.9 Å². The molecule has 0 unspecified atom stereocenters. The molecule has 0 fully saturated rings. The molecule has 98 valence electrons. The van der Waals surface area contributed by atoms with E-state index in [9.17, 15) is 8.78 Å². The zero-order chi connectivity index (χ0) is 12.5. The second-order valence-corrected chi connectivity index (χ2v) is 4.74. The van der Waals surface area contributed by atoms with Crippen LogP contribution < -0.4 is 5.32 Å². The van der Waals surface area contributed by atoms with Crippen LogP contribution in [0.25, 0.3) is 0 Å². The Labute approximate surface area is 105 Å². The Morgan fingerprint density at radius 1 is 1.41 bits per heavy atom. The molecule has 1 heterocycles. The van der Waals surface area contributed by atoms with E-state index < -0.39 is 6.55 Å². The molecule has 1 rings (SSSR count). The van der Waals surface area contributed by atoms with Crippen molar-refractivity contribution in [3.63, 3.8) is 0 Å². The third-order valence-electron chi connectivity index (χ3n) is 2.44. The maximum Gasteiger partial charge on any atom is 0.319 e. The summed E-state index contributed by atoms with van der Waals surface area (Å²) in [6.07, 6.45) is 8.28. The highest BCUT2D eigenvalue weighted by molar-refractivity contribution is 7.98. The van der Waals surface area contributed by atoms with Crippen molar-refractivity contribution >= 4 is 11.8 Å². The number of alkyl halides is 2. The molecule has 1 aromatic rings. The summed E-state index contributed by atoms with van der Waals surface area (Å²) in [6, 6.07) is 0. The zero-order valence-corrected chi connectivity index (χ0v) is 10.8. The van der Waals surface area contributed by atoms with E-state index in [4.69, 9.17) is 0 Å². The molecule has 1 N–H and O–H groups in total. The summed E-state index contributed by atoms with van der Waals surface area (Å²) < 4.78 is 25.8. The second kappa shape index (κ2) is 8.47. The summed E-state index contributed by atoms with van der Waals surface area (Å²) in [7, 11) is 0. The van der Waals surface area contributed by atoms with Gasteiger partial charge in [-0.25, -0.2) is 4.98 Å². The molecule has 0 aromatic carbocycles. The van der Waals surface area contributed by atoms with Gasteiger partial charge in [-0.3, -0.25) is 4.57 Å². The molecule has 0 spiro atoms. The standard InChI is InChI=1S/C11H19F2N3S/c1-17-8-4-2-3-5-14-9-10-15-6-7-16(10)11(12)13/h6-7,11,14H,2-5,8-9H2,1H3. The van der Waals surface area contributed by atoms with Gasteiger partial charge >= 0.3 is 6.55 Å². The van der Waals surface area contributed by atoms with E-state index in [-0.39, 0.29) is 0 Å². The largest absolute Gasteiger partial charge is 0.319 e. The quantitative estimate of drug-likeness (QED) is 0.695. The van der Waals surface area contributed by atoms with Gasteiger partial charge in [-0.1, -0.05) is 6.42 Å². The van der Waals surface area contributed by atoms with Crippen LogP contribution in [0.5, 0.6) is 0 Å². The number of rotatable bonds is 9. The van der Waals surface area contributed by atoms with Crippen LogP contribution in [0.15, 0.2) is 12.4 Å². The second-order valence-electron chi connectivity index (χ2n) is 3.76. The van der Waals surface area contributed by atoms with Crippen molar-refractivity contribution < 1.29 is 8.78 Å². The molecule has 0 aliphatic rings. The Hall–Kier alpha value is -0.620. The fourth-order valence-corrected chi connectivity index (χ4v) is 2.02. The average Bonchev–Trinajstić information content (AvgIpc) is 2.76. The van der Waals surface area contributed by atoms with Gasteiger partial charge < -0.3 is 5.32 Å². The number of nitrogens with zero attached hydrogens (tertiary/aromatic N) is 2. The van der Waals surface area contributed by atoms with Gasteiger partial charge in [-0.15, -0.1) is 0 Å². The Kier molecular flexibility index (Phi) is 7.19. The Bertz CT molecular complexity index is 305. The first-order chi connectivity index (χ1) is 8.25. The molecule has 0 saturated carbocycles. The van der Waals surface area contributed by atoms with E-state index in [1.807, 2.05) is 11.8 Å². The van der Waals surface area contributed by atoms with Gasteiger partial charge in [0.25, 0.3) is 0 Å². The number of thioether (sulfide) groups is 1. The summed E-state index contributed by atoms with van der Waals surface area (Å²) >= 11 is 1.85. The van der Waals surface area contributed by atoms with E-state index >= 15 is 0 Å². The lowest BCUT2D eigenvalue weighted by molar-refractivity contribution is 0.0666. The summed E-state index contributed by atoms with van der Waals surface area (Å²) in [5, 5.41) is 3.14. The molecule has 17 heavy (non-hydrogen) atoms. The van der Waals surface area contributed by atoms with Gasteiger partial charge in [0, 0.05) is 12.4 Å². The molecule has 3 nitrogen and oxygen atoms in total. The van der Waals surface area contributed by atoms with E-state index in [2.05, 4.69) is 16.6 Å². The molecule has 0 radical (unpaired) electrons. The minimum atomic E-state index is -2.50. The molecule has 0 aliphatic carbocycles.